The van der Waals surface area contributed by atoms with E-state index in [9.17, 15) is 4.79 Å². The molecule has 0 unspecified atom stereocenters. The van der Waals surface area contributed by atoms with Crippen LogP contribution in [0.3, 0.4) is 0 Å². The lowest BCUT2D eigenvalue weighted by Gasteiger charge is -2.12. The quantitative estimate of drug-likeness (QED) is 0.501. The van der Waals surface area contributed by atoms with Gasteiger partial charge in [0.2, 0.25) is 0 Å². The predicted octanol–water partition coefficient (Wildman–Crippen LogP) is -0.914. The lowest BCUT2D eigenvalue weighted by atomic mass is 10.3. The number of hydrogen-bond acceptors (Lipinski definition) is 4. The zero-order valence-corrected chi connectivity index (χ0v) is 6.41. The van der Waals surface area contributed by atoms with Gasteiger partial charge < -0.3 is 20.3 Å². The highest BCUT2D eigenvalue weighted by atomic mass is 16.5. The first-order valence-electron chi connectivity index (χ1n) is 3.39. The molecule has 0 saturated carbocycles. The number of amides is 1. The maximum Gasteiger partial charge on any atom is 0.407 e. The monoisotopic (exact) mass is 163 g/mol. The summed E-state index contributed by atoms with van der Waals surface area (Å²) >= 11 is 0. The topological polar surface area (TPSA) is 78.8 Å². The molecule has 0 saturated heterocycles. The minimum Gasteiger partial charge on any atom is -0.450 e. The number of carbonyl (C=O) groups is 1. The first-order chi connectivity index (χ1) is 5.24. The van der Waals surface area contributed by atoms with Crippen LogP contribution in [0.2, 0.25) is 0 Å². The Morgan fingerprint density at radius 3 is 2.45 bits per heavy atom. The van der Waals surface area contributed by atoms with E-state index in [4.69, 9.17) is 10.2 Å². The van der Waals surface area contributed by atoms with Gasteiger partial charge in [-0.2, -0.15) is 0 Å². The molecule has 0 aromatic heterocycles. The third-order valence-corrected chi connectivity index (χ3v) is 1.04. The Hall–Kier alpha value is -0.810. The summed E-state index contributed by atoms with van der Waals surface area (Å²) in [6, 6.07) is -0.631. The van der Waals surface area contributed by atoms with Crippen LogP contribution in [0.4, 0.5) is 4.79 Å². The standard InChI is InChI=1S/C6H13NO4/c1-2-11-6(10)7-5(3-8)4-9/h5,8-9H,2-4H2,1H3,(H,7,10). The Morgan fingerprint density at radius 2 is 2.09 bits per heavy atom. The highest BCUT2D eigenvalue weighted by molar-refractivity contribution is 5.67. The number of hydrogen-bond donors (Lipinski definition) is 3. The Labute approximate surface area is 65.0 Å². The molecule has 5 heteroatoms. The summed E-state index contributed by atoms with van der Waals surface area (Å²) in [5.74, 6) is 0. The Bertz CT molecular complexity index is 113. The molecule has 0 aromatic rings. The van der Waals surface area contributed by atoms with Gasteiger partial charge in [-0.1, -0.05) is 0 Å². The molecule has 3 N–H and O–H groups in total. The molecule has 5 nitrogen and oxygen atoms in total. The Kier molecular flexibility index (Phi) is 5.50. The second-order valence-electron chi connectivity index (χ2n) is 1.93. The lowest BCUT2D eigenvalue weighted by molar-refractivity contribution is 0.125. The van der Waals surface area contributed by atoms with E-state index in [-0.39, 0.29) is 19.8 Å². The second-order valence-corrected chi connectivity index (χ2v) is 1.93. The predicted molar refractivity (Wildman–Crippen MR) is 38.1 cm³/mol. The molecular weight excluding hydrogens is 150 g/mol. The molecule has 0 rings (SSSR count). The molecule has 0 radical (unpaired) electrons. The van der Waals surface area contributed by atoms with Crippen LogP contribution in [0.25, 0.3) is 0 Å². The molecular formula is C6H13NO4. The summed E-state index contributed by atoms with van der Waals surface area (Å²) in [4.78, 5) is 10.6. The van der Waals surface area contributed by atoms with Crippen LogP contribution in [0.5, 0.6) is 0 Å². The van der Waals surface area contributed by atoms with E-state index in [1.807, 2.05) is 0 Å². The number of aliphatic hydroxyl groups is 2. The zero-order valence-electron chi connectivity index (χ0n) is 6.41. The van der Waals surface area contributed by atoms with E-state index >= 15 is 0 Å². The van der Waals surface area contributed by atoms with Crippen molar-refractivity contribution >= 4 is 6.09 Å². The fraction of sp³-hybridized carbons (Fsp3) is 0.833. The van der Waals surface area contributed by atoms with Crippen molar-refractivity contribution in [2.45, 2.75) is 13.0 Å². The molecule has 0 aliphatic heterocycles. The molecule has 0 aliphatic carbocycles. The summed E-state index contributed by atoms with van der Waals surface area (Å²) in [5.41, 5.74) is 0. The first-order valence-corrected chi connectivity index (χ1v) is 3.39. The minimum atomic E-state index is -0.631. The van der Waals surface area contributed by atoms with E-state index in [2.05, 4.69) is 10.1 Å². The second kappa shape index (κ2) is 5.94. The Morgan fingerprint density at radius 1 is 1.55 bits per heavy atom. The molecule has 0 atom stereocenters. The van der Waals surface area contributed by atoms with E-state index in [0.29, 0.717) is 0 Å². The van der Waals surface area contributed by atoms with Crippen LogP contribution < -0.4 is 5.32 Å². The van der Waals surface area contributed by atoms with Gasteiger partial charge in [0.25, 0.3) is 0 Å². The van der Waals surface area contributed by atoms with Crippen LogP contribution in [0, 0.1) is 0 Å². The maximum absolute atomic E-state index is 10.6. The van der Waals surface area contributed by atoms with Gasteiger partial charge in [0.05, 0.1) is 25.9 Å². The molecule has 66 valence electrons. The summed E-state index contributed by atoms with van der Waals surface area (Å²) < 4.78 is 4.50. The van der Waals surface area contributed by atoms with Gasteiger partial charge >= 0.3 is 6.09 Å². The fourth-order valence-electron chi connectivity index (χ4n) is 0.488. The van der Waals surface area contributed by atoms with Crippen molar-refractivity contribution in [3.8, 4) is 0 Å². The SMILES string of the molecule is CCOC(=O)NC(CO)CO. The molecule has 0 heterocycles. The highest BCUT2D eigenvalue weighted by Gasteiger charge is 2.09. The maximum atomic E-state index is 10.6. The van der Waals surface area contributed by atoms with Gasteiger partial charge in [-0.3, -0.25) is 0 Å². The number of carbonyl (C=O) groups excluding carboxylic acids is 1. The largest absolute Gasteiger partial charge is 0.450 e. The smallest absolute Gasteiger partial charge is 0.407 e. The summed E-state index contributed by atoms with van der Waals surface area (Å²) in [6.07, 6.45) is -0.624. The molecule has 0 aromatic carbocycles. The molecule has 0 spiro atoms. The number of ether oxygens (including phenoxy) is 1. The van der Waals surface area contributed by atoms with Crippen molar-refractivity contribution in [1.29, 1.82) is 0 Å². The van der Waals surface area contributed by atoms with Gasteiger partial charge in [0.1, 0.15) is 0 Å². The average molecular weight is 163 g/mol. The fourth-order valence-corrected chi connectivity index (χ4v) is 0.488. The molecule has 0 aliphatic rings. The van der Waals surface area contributed by atoms with Crippen LogP contribution in [-0.2, 0) is 4.74 Å². The third kappa shape index (κ3) is 4.58. The zero-order chi connectivity index (χ0) is 8.69. The minimum absolute atomic E-state index is 0.273. The van der Waals surface area contributed by atoms with Gasteiger partial charge in [-0.15, -0.1) is 0 Å². The van der Waals surface area contributed by atoms with Crippen LogP contribution in [0.1, 0.15) is 6.92 Å². The van der Waals surface area contributed by atoms with Crippen molar-refractivity contribution in [3.63, 3.8) is 0 Å². The average Bonchev–Trinajstić information content (AvgIpc) is 2.01. The van der Waals surface area contributed by atoms with Gasteiger partial charge in [-0.25, -0.2) is 4.79 Å². The lowest BCUT2D eigenvalue weighted by Crippen LogP contribution is -2.40. The van der Waals surface area contributed by atoms with Gasteiger partial charge in [-0.05, 0) is 6.92 Å². The number of nitrogens with one attached hydrogen (secondary N) is 1. The van der Waals surface area contributed by atoms with E-state index < -0.39 is 12.1 Å². The third-order valence-electron chi connectivity index (χ3n) is 1.04. The highest BCUT2D eigenvalue weighted by Crippen LogP contribution is 1.82. The van der Waals surface area contributed by atoms with Crippen molar-refractivity contribution in [1.82, 2.24) is 5.32 Å². The van der Waals surface area contributed by atoms with E-state index in [1.165, 1.54) is 0 Å². The number of alkyl carbamates (subject to hydrolysis) is 1. The molecule has 1 amide bonds. The van der Waals surface area contributed by atoms with Crippen LogP contribution in [-0.4, -0.2) is 42.2 Å². The van der Waals surface area contributed by atoms with Gasteiger partial charge in [0.15, 0.2) is 0 Å². The van der Waals surface area contributed by atoms with Crippen molar-refractivity contribution in [3.05, 3.63) is 0 Å². The Balaban J connectivity index is 3.54. The molecule has 11 heavy (non-hydrogen) atoms. The van der Waals surface area contributed by atoms with Crippen LogP contribution in [0.15, 0.2) is 0 Å². The van der Waals surface area contributed by atoms with Crippen molar-refractivity contribution < 1.29 is 19.7 Å². The summed E-state index contributed by atoms with van der Waals surface area (Å²) in [7, 11) is 0. The number of aliphatic hydroxyl groups excluding tert-OH is 2. The van der Waals surface area contributed by atoms with Crippen molar-refractivity contribution in [2.75, 3.05) is 19.8 Å². The van der Waals surface area contributed by atoms with Gasteiger partial charge in [0, 0.05) is 0 Å². The summed E-state index contributed by atoms with van der Waals surface area (Å²) in [6.45, 7) is 1.35. The normalized spacial score (nSPS) is 9.82. The first kappa shape index (κ1) is 10.2. The molecule has 0 fully saturated rings. The van der Waals surface area contributed by atoms with E-state index in [0.717, 1.165) is 0 Å². The molecule has 0 bridgehead atoms. The summed E-state index contributed by atoms with van der Waals surface area (Å²) in [5, 5.41) is 19.3. The van der Waals surface area contributed by atoms with E-state index in [1.54, 1.807) is 6.92 Å². The van der Waals surface area contributed by atoms with Crippen LogP contribution >= 0.6 is 0 Å². The number of rotatable bonds is 4. The van der Waals surface area contributed by atoms with Crippen molar-refractivity contribution in [2.24, 2.45) is 0 Å².